The molecule has 2 heterocycles. The zero-order valence-electron chi connectivity index (χ0n) is 8.57. The van der Waals surface area contributed by atoms with Gasteiger partial charge in [-0.1, -0.05) is 6.92 Å². The Morgan fingerprint density at radius 3 is 3.13 bits per heavy atom. The minimum absolute atomic E-state index is 0.136. The molecule has 1 aliphatic heterocycles. The van der Waals surface area contributed by atoms with Crippen LogP contribution in [-0.2, 0) is 11.2 Å². The first-order valence-corrected chi connectivity index (χ1v) is 5.85. The maximum Gasteiger partial charge on any atom is 0.218 e. The van der Waals surface area contributed by atoms with E-state index in [9.17, 15) is 0 Å². The molecule has 1 aromatic heterocycles. The number of aryl methyl sites for hydroxylation is 1. The van der Waals surface area contributed by atoms with Crippen LogP contribution in [0.15, 0.2) is 10.7 Å². The first kappa shape index (κ1) is 10.8. The fourth-order valence-corrected chi connectivity index (χ4v) is 1.84. The lowest BCUT2D eigenvalue weighted by atomic mass is 10.3. The monoisotopic (exact) mass is 272 g/mol. The van der Waals surface area contributed by atoms with Gasteiger partial charge >= 0.3 is 0 Å². The Bertz CT molecular complexity index is 340. The third kappa shape index (κ3) is 2.89. The van der Waals surface area contributed by atoms with Crippen molar-refractivity contribution in [2.75, 3.05) is 13.2 Å². The molecule has 0 bridgehead atoms. The van der Waals surface area contributed by atoms with Gasteiger partial charge < -0.3 is 9.47 Å². The van der Waals surface area contributed by atoms with Crippen molar-refractivity contribution in [1.29, 1.82) is 0 Å². The molecule has 1 atom stereocenters. The molecule has 0 aromatic carbocycles. The second-order valence-corrected chi connectivity index (χ2v) is 4.21. The normalized spacial score (nSPS) is 20.5. The summed E-state index contributed by atoms with van der Waals surface area (Å²) in [5.74, 6) is 1.42. The second-order valence-electron chi connectivity index (χ2n) is 3.40. The van der Waals surface area contributed by atoms with E-state index in [-0.39, 0.29) is 6.10 Å². The summed E-state index contributed by atoms with van der Waals surface area (Å²) in [5, 5.41) is 0. The molecule has 0 amide bonds. The molecule has 0 radical (unpaired) electrons. The van der Waals surface area contributed by atoms with E-state index in [4.69, 9.17) is 9.47 Å². The number of nitrogens with zero attached hydrogens (tertiary/aromatic N) is 2. The van der Waals surface area contributed by atoms with E-state index in [1.54, 1.807) is 6.07 Å². The third-order valence-corrected chi connectivity index (χ3v) is 2.62. The minimum atomic E-state index is 0.136. The van der Waals surface area contributed by atoms with E-state index in [0.29, 0.717) is 12.5 Å². The van der Waals surface area contributed by atoms with Gasteiger partial charge in [-0.05, 0) is 15.9 Å². The Hall–Kier alpha value is -0.680. The number of ether oxygens (including phenoxy) is 2. The van der Waals surface area contributed by atoms with Crippen LogP contribution < -0.4 is 4.74 Å². The highest BCUT2D eigenvalue weighted by Gasteiger charge is 2.18. The van der Waals surface area contributed by atoms with Crippen LogP contribution in [0.3, 0.4) is 0 Å². The largest absolute Gasteiger partial charge is 0.472 e. The highest BCUT2D eigenvalue weighted by molar-refractivity contribution is 9.10. The molecule has 0 saturated carbocycles. The van der Waals surface area contributed by atoms with Gasteiger partial charge in [0.1, 0.15) is 16.5 Å². The average molecular weight is 273 g/mol. The molecule has 1 saturated heterocycles. The minimum Gasteiger partial charge on any atom is -0.472 e. The second kappa shape index (κ2) is 4.90. The molecule has 5 heteroatoms. The Morgan fingerprint density at radius 2 is 2.47 bits per heavy atom. The first-order chi connectivity index (χ1) is 7.28. The summed E-state index contributed by atoms with van der Waals surface area (Å²) >= 11 is 3.34. The number of hydrogen-bond donors (Lipinski definition) is 0. The predicted octanol–water partition coefficient (Wildman–Crippen LogP) is 1.97. The highest BCUT2D eigenvalue weighted by atomic mass is 79.9. The smallest absolute Gasteiger partial charge is 0.218 e. The van der Waals surface area contributed by atoms with Crippen LogP contribution in [0.1, 0.15) is 19.2 Å². The van der Waals surface area contributed by atoms with Gasteiger partial charge in [-0.3, -0.25) is 0 Å². The summed E-state index contributed by atoms with van der Waals surface area (Å²) in [7, 11) is 0. The molecular weight excluding hydrogens is 260 g/mol. The fraction of sp³-hybridized carbons (Fsp3) is 0.600. The van der Waals surface area contributed by atoms with E-state index in [2.05, 4.69) is 25.9 Å². The standard InChI is InChI=1S/C10H13BrN2O2/c1-2-9-12-8(11)5-10(13-9)15-7-3-4-14-6-7/h5,7H,2-4,6H2,1H3. The third-order valence-electron chi connectivity index (χ3n) is 2.21. The van der Waals surface area contributed by atoms with Gasteiger partial charge in [0.25, 0.3) is 0 Å². The molecule has 4 nitrogen and oxygen atoms in total. The van der Waals surface area contributed by atoms with E-state index >= 15 is 0 Å². The summed E-state index contributed by atoms with van der Waals surface area (Å²) in [6, 6.07) is 1.79. The molecule has 0 aliphatic carbocycles. The Morgan fingerprint density at radius 1 is 1.60 bits per heavy atom. The molecule has 1 aliphatic rings. The van der Waals surface area contributed by atoms with Gasteiger partial charge in [0, 0.05) is 18.9 Å². The van der Waals surface area contributed by atoms with E-state index < -0.39 is 0 Å². The maximum absolute atomic E-state index is 5.69. The van der Waals surface area contributed by atoms with Gasteiger partial charge in [-0.15, -0.1) is 0 Å². The average Bonchev–Trinajstić information content (AvgIpc) is 2.69. The first-order valence-electron chi connectivity index (χ1n) is 5.06. The lowest BCUT2D eigenvalue weighted by Crippen LogP contribution is -2.17. The summed E-state index contributed by atoms with van der Waals surface area (Å²) in [6.45, 7) is 3.45. The zero-order chi connectivity index (χ0) is 10.7. The van der Waals surface area contributed by atoms with Gasteiger partial charge in [0.15, 0.2) is 0 Å². The van der Waals surface area contributed by atoms with E-state index in [0.717, 1.165) is 29.9 Å². The lowest BCUT2D eigenvalue weighted by molar-refractivity contribution is 0.137. The molecule has 1 fully saturated rings. The Kier molecular flexibility index (Phi) is 3.53. The molecule has 0 N–H and O–H groups in total. The van der Waals surface area contributed by atoms with Gasteiger partial charge in [-0.25, -0.2) is 4.98 Å². The van der Waals surface area contributed by atoms with Crippen molar-refractivity contribution in [3.05, 3.63) is 16.5 Å². The van der Waals surface area contributed by atoms with Gasteiger partial charge in [0.2, 0.25) is 5.88 Å². The summed E-state index contributed by atoms with van der Waals surface area (Å²) in [4.78, 5) is 8.52. The van der Waals surface area contributed by atoms with Crippen LogP contribution in [0.25, 0.3) is 0 Å². The SMILES string of the molecule is CCc1nc(Br)cc(OC2CCOC2)n1. The van der Waals surface area contributed by atoms with Crippen LogP contribution in [0.2, 0.25) is 0 Å². The van der Waals surface area contributed by atoms with Gasteiger partial charge in [0.05, 0.1) is 13.2 Å². The van der Waals surface area contributed by atoms with Crippen LogP contribution >= 0.6 is 15.9 Å². The van der Waals surface area contributed by atoms with Crippen molar-refractivity contribution in [2.24, 2.45) is 0 Å². The molecule has 82 valence electrons. The van der Waals surface area contributed by atoms with Crippen LogP contribution in [-0.4, -0.2) is 29.3 Å². The van der Waals surface area contributed by atoms with E-state index in [1.807, 2.05) is 6.92 Å². The maximum atomic E-state index is 5.69. The van der Waals surface area contributed by atoms with Crippen molar-refractivity contribution >= 4 is 15.9 Å². The van der Waals surface area contributed by atoms with Crippen LogP contribution in [0, 0.1) is 0 Å². The molecule has 1 aromatic rings. The number of hydrogen-bond acceptors (Lipinski definition) is 4. The van der Waals surface area contributed by atoms with Crippen molar-refractivity contribution < 1.29 is 9.47 Å². The molecule has 1 unspecified atom stereocenters. The Labute approximate surface area is 97.1 Å². The number of aromatic nitrogens is 2. The van der Waals surface area contributed by atoms with Crippen molar-refractivity contribution in [1.82, 2.24) is 9.97 Å². The molecule has 2 rings (SSSR count). The molecule has 15 heavy (non-hydrogen) atoms. The Balaban J connectivity index is 2.09. The summed E-state index contributed by atoms with van der Waals surface area (Å²) in [5.41, 5.74) is 0. The summed E-state index contributed by atoms with van der Waals surface area (Å²) < 4.78 is 11.7. The van der Waals surface area contributed by atoms with Crippen molar-refractivity contribution in [3.8, 4) is 5.88 Å². The van der Waals surface area contributed by atoms with Crippen LogP contribution in [0.4, 0.5) is 0 Å². The quantitative estimate of drug-likeness (QED) is 0.790. The van der Waals surface area contributed by atoms with Gasteiger partial charge in [-0.2, -0.15) is 4.98 Å². The topological polar surface area (TPSA) is 44.2 Å². The number of rotatable bonds is 3. The van der Waals surface area contributed by atoms with Crippen molar-refractivity contribution in [2.45, 2.75) is 25.9 Å². The predicted molar refractivity (Wildman–Crippen MR) is 59.0 cm³/mol. The lowest BCUT2D eigenvalue weighted by Gasteiger charge is -2.11. The number of halogens is 1. The zero-order valence-corrected chi connectivity index (χ0v) is 10.2. The highest BCUT2D eigenvalue weighted by Crippen LogP contribution is 2.18. The van der Waals surface area contributed by atoms with E-state index in [1.165, 1.54) is 0 Å². The molecule has 0 spiro atoms. The molecular formula is C10H13BrN2O2. The van der Waals surface area contributed by atoms with Crippen LogP contribution in [0.5, 0.6) is 5.88 Å². The summed E-state index contributed by atoms with van der Waals surface area (Å²) in [6.07, 6.45) is 1.87. The fourth-order valence-electron chi connectivity index (χ4n) is 1.44. The van der Waals surface area contributed by atoms with Crippen molar-refractivity contribution in [3.63, 3.8) is 0 Å².